The molecule has 0 spiro atoms. The fourth-order valence-electron chi connectivity index (χ4n) is 2.02. The summed E-state index contributed by atoms with van der Waals surface area (Å²) in [4.78, 5) is 10.1. The number of hydrogen-bond acceptors (Lipinski definition) is 6. The first-order valence-electron chi connectivity index (χ1n) is 5.99. The van der Waals surface area contributed by atoms with E-state index < -0.39 is 14.9 Å². The first kappa shape index (κ1) is 14.7. The molecule has 1 atom stereocenters. The Balaban J connectivity index is 2.31. The lowest BCUT2D eigenvalue weighted by Crippen LogP contribution is -2.36. The molecule has 1 aliphatic heterocycles. The molecule has 1 fully saturated rings. The largest absolute Gasteiger partial charge is 0.490 e. The molecule has 0 aromatic heterocycles. The molecule has 1 aliphatic rings. The average molecular weight is 301 g/mol. The SMILES string of the molecule is COc1ccc(S(=O)(=O)N[C@@H]2CCNC2)cc1[N+](=O)[O-]. The van der Waals surface area contributed by atoms with E-state index in [1.165, 1.54) is 19.2 Å². The number of nitro groups is 1. The molecule has 0 amide bonds. The Morgan fingerprint density at radius 2 is 2.25 bits per heavy atom. The molecule has 1 aromatic carbocycles. The Morgan fingerprint density at radius 3 is 2.80 bits per heavy atom. The number of hydrogen-bond donors (Lipinski definition) is 2. The fraction of sp³-hybridized carbons (Fsp3) is 0.455. The van der Waals surface area contributed by atoms with Gasteiger partial charge in [0.05, 0.1) is 16.9 Å². The molecule has 1 saturated heterocycles. The number of ether oxygens (including phenoxy) is 1. The summed E-state index contributed by atoms with van der Waals surface area (Å²) in [5.41, 5.74) is -0.375. The summed E-state index contributed by atoms with van der Waals surface area (Å²) in [5.74, 6) is 0.0245. The second-order valence-corrected chi connectivity index (χ2v) is 6.12. The van der Waals surface area contributed by atoms with Crippen molar-refractivity contribution in [2.24, 2.45) is 0 Å². The van der Waals surface area contributed by atoms with E-state index in [2.05, 4.69) is 10.0 Å². The van der Waals surface area contributed by atoms with Gasteiger partial charge in [0.15, 0.2) is 5.75 Å². The van der Waals surface area contributed by atoms with Gasteiger partial charge in [-0.25, -0.2) is 13.1 Å². The first-order chi connectivity index (χ1) is 9.44. The highest BCUT2D eigenvalue weighted by molar-refractivity contribution is 7.89. The van der Waals surface area contributed by atoms with Crippen molar-refractivity contribution >= 4 is 15.7 Å². The van der Waals surface area contributed by atoms with Crippen LogP contribution in [-0.2, 0) is 10.0 Å². The van der Waals surface area contributed by atoms with Gasteiger partial charge >= 0.3 is 5.69 Å². The molecule has 1 heterocycles. The summed E-state index contributed by atoms with van der Waals surface area (Å²) in [6.07, 6.45) is 0.692. The summed E-state index contributed by atoms with van der Waals surface area (Å²) in [6.45, 7) is 1.30. The van der Waals surface area contributed by atoms with Gasteiger partial charge in [-0.05, 0) is 25.1 Å². The lowest BCUT2D eigenvalue weighted by atomic mass is 10.3. The normalized spacial score (nSPS) is 18.9. The summed E-state index contributed by atoms with van der Waals surface area (Å²) >= 11 is 0. The molecule has 0 radical (unpaired) electrons. The minimum atomic E-state index is -3.77. The number of rotatable bonds is 5. The van der Waals surface area contributed by atoms with Gasteiger partial charge < -0.3 is 10.1 Å². The van der Waals surface area contributed by atoms with E-state index in [0.29, 0.717) is 13.0 Å². The number of sulfonamides is 1. The smallest absolute Gasteiger partial charge is 0.312 e. The van der Waals surface area contributed by atoms with Crippen molar-refractivity contribution in [3.63, 3.8) is 0 Å². The lowest BCUT2D eigenvalue weighted by molar-refractivity contribution is -0.386. The van der Waals surface area contributed by atoms with Crippen LogP contribution in [0, 0.1) is 10.1 Å². The maximum Gasteiger partial charge on any atom is 0.312 e. The Bertz CT molecular complexity index is 610. The van der Waals surface area contributed by atoms with Gasteiger partial charge in [0.2, 0.25) is 10.0 Å². The van der Waals surface area contributed by atoms with Crippen LogP contribution in [0.1, 0.15) is 6.42 Å². The van der Waals surface area contributed by atoms with Gasteiger partial charge in [-0.3, -0.25) is 10.1 Å². The van der Waals surface area contributed by atoms with Crippen LogP contribution in [0.4, 0.5) is 5.69 Å². The molecule has 0 unspecified atom stereocenters. The van der Waals surface area contributed by atoms with Crippen LogP contribution >= 0.6 is 0 Å². The van der Waals surface area contributed by atoms with Crippen LogP contribution in [0.3, 0.4) is 0 Å². The number of methoxy groups -OCH3 is 1. The predicted octanol–water partition coefficient (Wildman–Crippen LogP) is 0.244. The third kappa shape index (κ3) is 3.06. The zero-order chi connectivity index (χ0) is 14.8. The lowest BCUT2D eigenvalue weighted by Gasteiger charge is -2.12. The summed E-state index contributed by atoms with van der Waals surface area (Å²) in [7, 11) is -2.48. The third-order valence-corrected chi connectivity index (χ3v) is 4.56. The molecule has 0 saturated carbocycles. The molecular weight excluding hydrogens is 286 g/mol. The van der Waals surface area contributed by atoms with Crippen LogP contribution in [0.25, 0.3) is 0 Å². The van der Waals surface area contributed by atoms with Crippen LogP contribution in [0.5, 0.6) is 5.75 Å². The van der Waals surface area contributed by atoms with E-state index in [4.69, 9.17) is 4.74 Å². The number of benzene rings is 1. The van der Waals surface area contributed by atoms with Crippen molar-refractivity contribution in [1.29, 1.82) is 0 Å². The summed E-state index contributed by atoms with van der Waals surface area (Å²) in [6, 6.07) is 3.38. The minimum absolute atomic E-state index is 0.0245. The maximum absolute atomic E-state index is 12.2. The quantitative estimate of drug-likeness (QED) is 0.595. The van der Waals surface area contributed by atoms with Gasteiger partial charge in [-0.2, -0.15) is 0 Å². The van der Waals surface area contributed by atoms with Crippen molar-refractivity contribution in [3.8, 4) is 5.75 Å². The average Bonchev–Trinajstić information content (AvgIpc) is 2.89. The van der Waals surface area contributed by atoms with Crippen LogP contribution in [0.2, 0.25) is 0 Å². The van der Waals surface area contributed by atoms with E-state index in [1.54, 1.807) is 0 Å². The highest BCUT2D eigenvalue weighted by Crippen LogP contribution is 2.29. The summed E-state index contributed by atoms with van der Waals surface area (Å²) in [5, 5.41) is 13.9. The van der Waals surface area contributed by atoms with Crippen molar-refractivity contribution in [1.82, 2.24) is 10.0 Å². The van der Waals surface area contributed by atoms with Crippen LogP contribution < -0.4 is 14.8 Å². The van der Waals surface area contributed by atoms with Crippen LogP contribution in [0.15, 0.2) is 23.1 Å². The van der Waals surface area contributed by atoms with Gasteiger partial charge in [0.25, 0.3) is 0 Å². The Kier molecular flexibility index (Phi) is 4.21. The second-order valence-electron chi connectivity index (χ2n) is 4.40. The van der Waals surface area contributed by atoms with E-state index in [-0.39, 0.29) is 22.4 Å². The van der Waals surface area contributed by atoms with Gasteiger partial charge in [0, 0.05) is 18.7 Å². The second kappa shape index (κ2) is 5.73. The number of nitrogens with one attached hydrogen (secondary N) is 2. The van der Waals surface area contributed by atoms with Gasteiger partial charge in [-0.1, -0.05) is 0 Å². The van der Waals surface area contributed by atoms with E-state index in [0.717, 1.165) is 12.6 Å². The molecular formula is C11H15N3O5S. The van der Waals surface area contributed by atoms with E-state index in [9.17, 15) is 18.5 Å². The fourth-order valence-corrected chi connectivity index (χ4v) is 3.31. The number of nitrogens with zero attached hydrogens (tertiary/aromatic N) is 1. The maximum atomic E-state index is 12.2. The van der Waals surface area contributed by atoms with Crippen LogP contribution in [-0.4, -0.2) is 39.6 Å². The van der Waals surface area contributed by atoms with Crippen molar-refractivity contribution in [3.05, 3.63) is 28.3 Å². The molecule has 0 bridgehead atoms. The molecule has 1 aromatic rings. The zero-order valence-electron chi connectivity index (χ0n) is 10.8. The monoisotopic (exact) mass is 301 g/mol. The zero-order valence-corrected chi connectivity index (χ0v) is 11.6. The molecule has 9 heteroatoms. The van der Waals surface area contributed by atoms with Gasteiger partial charge in [0.1, 0.15) is 0 Å². The molecule has 2 rings (SSSR count). The number of nitro benzene ring substituents is 1. The van der Waals surface area contributed by atoms with Crippen molar-refractivity contribution < 1.29 is 18.1 Å². The highest BCUT2D eigenvalue weighted by Gasteiger charge is 2.25. The molecule has 20 heavy (non-hydrogen) atoms. The van der Waals surface area contributed by atoms with Crippen molar-refractivity contribution in [2.45, 2.75) is 17.4 Å². The topological polar surface area (TPSA) is 111 Å². The minimum Gasteiger partial charge on any atom is -0.490 e. The Hall–Kier alpha value is -1.71. The Labute approximate surface area is 116 Å². The van der Waals surface area contributed by atoms with E-state index >= 15 is 0 Å². The first-order valence-corrected chi connectivity index (χ1v) is 7.48. The van der Waals surface area contributed by atoms with Gasteiger partial charge in [-0.15, -0.1) is 0 Å². The molecule has 8 nitrogen and oxygen atoms in total. The highest BCUT2D eigenvalue weighted by atomic mass is 32.2. The molecule has 110 valence electrons. The summed E-state index contributed by atoms with van der Waals surface area (Å²) < 4.78 is 31.7. The molecule has 0 aliphatic carbocycles. The predicted molar refractivity (Wildman–Crippen MR) is 71.2 cm³/mol. The third-order valence-electron chi connectivity index (χ3n) is 3.04. The van der Waals surface area contributed by atoms with Crippen molar-refractivity contribution in [2.75, 3.05) is 20.2 Å². The van der Waals surface area contributed by atoms with E-state index in [1.807, 2.05) is 0 Å². The molecule has 2 N–H and O–H groups in total. The standard InChI is InChI=1S/C11H15N3O5S/c1-19-11-3-2-9(6-10(11)14(15)16)20(17,18)13-8-4-5-12-7-8/h2-3,6,8,12-13H,4-5,7H2,1H3/t8-/m1/s1. The Morgan fingerprint density at radius 1 is 1.50 bits per heavy atom.